The summed E-state index contributed by atoms with van der Waals surface area (Å²) >= 11 is 3.33. The molecule has 0 heterocycles. The second-order valence-corrected chi connectivity index (χ2v) is 3.53. The molecule has 0 bridgehead atoms. The van der Waals surface area contributed by atoms with Crippen molar-refractivity contribution in [3.63, 3.8) is 0 Å². The number of nitrogens with zero attached hydrogens (tertiary/aromatic N) is 2. The SMILES string of the molecule is CC(C=NO)=NNc1ccc(Br)cc1. The molecule has 14 heavy (non-hydrogen) atoms. The molecule has 0 amide bonds. The zero-order valence-corrected chi connectivity index (χ0v) is 9.19. The van der Waals surface area contributed by atoms with Crippen molar-refractivity contribution in [1.82, 2.24) is 0 Å². The third-order valence-corrected chi connectivity index (χ3v) is 1.98. The fourth-order valence-electron chi connectivity index (χ4n) is 0.790. The van der Waals surface area contributed by atoms with Crippen LogP contribution in [-0.4, -0.2) is 17.1 Å². The van der Waals surface area contributed by atoms with Crippen LogP contribution < -0.4 is 5.43 Å². The lowest BCUT2D eigenvalue weighted by atomic mass is 10.3. The first kappa shape index (κ1) is 10.7. The Labute approximate surface area is 90.5 Å². The lowest BCUT2D eigenvalue weighted by Gasteiger charge is -1.99. The highest BCUT2D eigenvalue weighted by molar-refractivity contribution is 9.10. The Morgan fingerprint density at radius 1 is 1.43 bits per heavy atom. The smallest absolute Gasteiger partial charge is 0.0891 e. The Morgan fingerprint density at radius 3 is 2.64 bits per heavy atom. The maximum Gasteiger partial charge on any atom is 0.0891 e. The van der Waals surface area contributed by atoms with Gasteiger partial charge in [-0.15, -0.1) is 0 Å². The average Bonchev–Trinajstić information content (AvgIpc) is 2.17. The van der Waals surface area contributed by atoms with E-state index < -0.39 is 0 Å². The molecule has 5 heteroatoms. The molecule has 0 saturated carbocycles. The molecule has 0 unspecified atom stereocenters. The van der Waals surface area contributed by atoms with Crippen LogP contribution in [0.25, 0.3) is 0 Å². The molecular weight excluding hydrogens is 246 g/mol. The van der Waals surface area contributed by atoms with Gasteiger partial charge in [0.1, 0.15) is 0 Å². The molecule has 0 radical (unpaired) electrons. The zero-order chi connectivity index (χ0) is 10.4. The Balaban J connectivity index is 2.61. The number of benzene rings is 1. The van der Waals surface area contributed by atoms with Crippen LogP contribution in [0.5, 0.6) is 0 Å². The van der Waals surface area contributed by atoms with Crippen molar-refractivity contribution in [3.8, 4) is 0 Å². The van der Waals surface area contributed by atoms with E-state index >= 15 is 0 Å². The topological polar surface area (TPSA) is 57.0 Å². The number of hydrazone groups is 1. The summed E-state index contributed by atoms with van der Waals surface area (Å²) < 4.78 is 1.01. The van der Waals surface area contributed by atoms with Gasteiger partial charge in [-0.3, -0.25) is 5.43 Å². The van der Waals surface area contributed by atoms with Crippen molar-refractivity contribution in [2.45, 2.75) is 6.92 Å². The van der Waals surface area contributed by atoms with Crippen molar-refractivity contribution in [2.75, 3.05) is 5.43 Å². The van der Waals surface area contributed by atoms with Gasteiger partial charge < -0.3 is 5.21 Å². The monoisotopic (exact) mass is 255 g/mol. The van der Waals surface area contributed by atoms with Gasteiger partial charge in [0, 0.05) is 4.47 Å². The molecule has 0 spiro atoms. The summed E-state index contributed by atoms with van der Waals surface area (Å²) in [6, 6.07) is 7.59. The summed E-state index contributed by atoms with van der Waals surface area (Å²) in [7, 11) is 0. The number of halogens is 1. The van der Waals surface area contributed by atoms with Gasteiger partial charge in [0.2, 0.25) is 0 Å². The summed E-state index contributed by atoms with van der Waals surface area (Å²) in [6.45, 7) is 1.73. The van der Waals surface area contributed by atoms with Gasteiger partial charge in [-0.2, -0.15) is 5.10 Å². The van der Waals surface area contributed by atoms with Gasteiger partial charge in [-0.25, -0.2) is 0 Å². The van der Waals surface area contributed by atoms with E-state index in [4.69, 9.17) is 5.21 Å². The Kier molecular flexibility index (Phi) is 4.12. The fourth-order valence-corrected chi connectivity index (χ4v) is 1.05. The molecule has 0 aliphatic carbocycles. The van der Waals surface area contributed by atoms with Crippen molar-refractivity contribution in [1.29, 1.82) is 0 Å². The van der Waals surface area contributed by atoms with Gasteiger partial charge in [0.25, 0.3) is 0 Å². The van der Waals surface area contributed by atoms with Gasteiger partial charge in [-0.05, 0) is 31.2 Å². The Hall–Kier alpha value is -1.36. The highest BCUT2D eigenvalue weighted by Crippen LogP contribution is 2.13. The van der Waals surface area contributed by atoms with Gasteiger partial charge in [-0.1, -0.05) is 21.1 Å². The normalized spacial score (nSPS) is 12.0. The van der Waals surface area contributed by atoms with Crippen LogP contribution in [0.3, 0.4) is 0 Å². The predicted molar refractivity (Wildman–Crippen MR) is 61.2 cm³/mol. The highest BCUT2D eigenvalue weighted by atomic mass is 79.9. The van der Waals surface area contributed by atoms with Crippen LogP contribution in [0.2, 0.25) is 0 Å². The lowest BCUT2D eigenvalue weighted by molar-refractivity contribution is 0.322. The van der Waals surface area contributed by atoms with E-state index in [1.807, 2.05) is 24.3 Å². The first-order valence-electron chi connectivity index (χ1n) is 3.95. The van der Waals surface area contributed by atoms with Crippen molar-refractivity contribution in [3.05, 3.63) is 28.7 Å². The number of anilines is 1. The van der Waals surface area contributed by atoms with Crippen LogP contribution >= 0.6 is 15.9 Å². The summed E-state index contributed by atoms with van der Waals surface area (Å²) in [5, 5.41) is 15.0. The summed E-state index contributed by atoms with van der Waals surface area (Å²) in [6.07, 6.45) is 1.26. The number of rotatable bonds is 3. The third kappa shape index (κ3) is 3.57. The minimum Gasteiger partial charge on any atom is -0.411 e. The fraction of sp³-hybridized carbons (Fsp3) is 0.111. The molecule has 74 valence electrons. The minimum atomic E-state index is 0.593. The number of hydrogen-bond acceptors (Lipinski definition) is 4. The third-order valence-electron chi connectivity index (χ3n) is 1.45. The van der Waals surface area contributed by atoms with E-state index in [-0.39, 0.29) is 0 Å². The zero-order valence-electron chi connectivity index (χ0n) is 7.61. The van der Waals surface area contributed by atoms with Crippen LogP contribution in [0.15, 0.2) is 39.0 Å². The Bertz CT molecular complexity index is 346. The molecule has 0 saturated heterocycles. The molecule has 0 aliphatic heterocycles. The van der Waals surface area contributed by atoms with Crippen molar-refractivity contribution >= 4 is 33.5 Å². The largest absolute Gasteiger partial charge is 0.411 e. The van der Waals surface area contributed by atoms with Crippen LogP contribution in [0, 0.1) is 0 Å². The van der Waals surface area contributed by atoms with E-state index in [1.54, 1.807) is 6.92 Å². The summed E-state index contributed by atoms with van der Waals surface area (Å²) in [5.41, 5.74) is 4.29. The molecule has 0 aromatic heterocycles. The number of hydrogen-bond donors (Lipinski definition) is 2. The van der Waals surface area contributed by atoms with E-state index in [0.717, 1.165) is 10.2 Å². The quantitative estimate of drug-likeness (QED) is 0.496. The van der Waals surface area contributed by atoms with Crippen LogP contribution in [-0.2, 0) is 0 Å². The average molecular weight is 256 g/mol. The van der Waals surface area contributed by atoms with Gasteiger partial charge >= 0.3 is 0 Å². The Morgan fingerprint density at radius 2 is 2.07 bits per heavy atom. The first-order chi connectivity index (χ1) is 6.72. The second-order valence-electron chi connectivity index (χ2n) is 2.62. The summed E-state index contributed by atoms with van der Waals surface area (Å²) in [5.74, 6) is 0. The minimum absolute atomic E-state index is 0.593. The van der Waals surface area contributed by atoms with Gasteiger partial charge in [0.05, 0.1) is 17.6 Å². The van der Waals surface area contributed by atoms with E-state index in [2.05, 4.69) is 31.6 Å². The van der Waals surface area contributed by atoms with Gasteiger partial charge in [0.15, 0.2) is 0 Å². The second kappa shape index (κ2) is 5.39. The standard InChI is InChI=1S/C9H10BrN3O/c1-7(6-11-14)12-13-9-4-2-8(10)3-5-9/h2-6,13-14H,1H3. The maximum atomic E-state index is 8.22. The first-order valence-corrected chi connectivity index (χ1v) is 4.75. The molecule has 1 rings (SSSR count). The molecule has 0 fully saturated rings. The number of oxime groups is 1. The molecule has 2 N–H and O–H groups in total. The maximum absolute atomic E-state index is 8.22. The lowest BCUT2D eigenvalue weighted by Crippen LogP contribution is -1.98. The molecule has 1 aromatic rings. The molecular formula is C9H10BrN3O. The molecule has 0 atom stereocenters. The molecule has 0 aliphatic rings. The molecule has 4 nitrogen and oxygen atoms in total. The van der Waals surface area contributed by atoms with E-state index in [1.165, 1.54) is 6.21 Å². The van der Waals surface area contributed by atoms with E-state index in [0.29, 0.717) is 5.71 Å². The van der Waals surface area contributed by atoms with Crippen LogP contribution in [0.1, 0.15) is 6.92 Å². The van der Waals surface area contributed by atoms with Crippen molar-refractivity contribution in [2.24, 2.45) is 10.3 Å². The van der Waals surface area contributed by atoms with Crippen LogP contribution in [0.4, 0.5) is 5.69 Å². The molecule has 1 aromatic carbocycles. The predicted octanol–water partition coefficient (Wildman–Crippen LogP) is 2.70. The summed E-state index contributed by atoms with van der Waals surface area (Å²) in [4.78, 5) is 0. The highest BCUT2D eigenvalue weighted by Gasteiger charge is 1.90. The number of nitrogens with one attached hydrogen (secondary N) is 1. The van der Waals surface area contributed by atoms with Crippen molar-refractivity contribution < 1.29 is 5.21 Å². The van der Waals surface area contributed by atoms with E-state index in [9.17, 15) is 0 Å².